The average molecular weight is 413 g/mol. The van der Waals surface area contributed by atoms with Gasteiger partial charge >= 0.3 is 0 Å². The molecule has 1 amide bonds. The SMILES string of the molecule is Cc1ccc(SCC(=O)N2CCC(Oc3nc4c(C)cccc4s3)CC2)cc1. The number of hydrogen-bond donors (Lipinski definition) is 0. The summed E-state index contributed by atoms with van der Waals surface area (Å²) in [4.78, 5) is 20.3. The molecule has 0 aliphatic carbocycles. The third-order valence-corrected chi connectivity index (χ3v) is 6.95. The Bertz CT molecular complexity index is 960. The first-order valence-electron chi connectivity index (χ1n) is 9.58. The molecule has 1 fully saturated rings. The Morgan fingerprint density at radius 3 is 2.64 bits per heavy atom. The zero-order valence-corrected chi connectivity index (χ0v) is 17.8. The van der Waals surface area contributed by atoms with E-state index < -0.39 is 0 Å². The fourth-order valence-corrected chi connectivity index (χ4v) is 5.11. The summed E-state index contributed by atoms with van der Waals surface area (Å²) in [7, 11) is 0. The number of para-hydroxylation sites is 1. The molecule has 28 heavy (non-hydrogen) atoms. The first kappa shape index (κ1) is 19.3. The fourth-order valence-electron chi connectivity index (χ4n) is 3.35. The molecule has 0 N–H and O–H groups in total. The Morgan fingerprint density at radius 1 is 1.18 bits per heavy atom. The fraction of sp³-hybridized carbons (Fsp3) is 0.364. The number of nitrogens with zero attached hydrogens (tertiary/aromatic N) is 2. The summed E-state index contributed by atoms with van der Waals surface area (Å²) < 4.78 is 7.29. The van der Waals surface area contributed by atoms with Crippen molar-refractivity contribution < 1.29 is 9.53 Å². The van der Waals surface area contributed by atoms with Crippen LogP contribution in [-0.4, -0.2) is 40.7 Å². The van der Waals surface area contributed by atoms with Crippen molar-refractivity contribution in [3.05, 3.63) is 53.6 Å². The number of amides is 1. The highest BCUT2D eigenvalue weighted by atomic mass is 32.2. The van der Waals surface area contributed by atoms with Gasteiger partial charge in [-0.25, -0.2) is 4.98 Å². The van der Waals surface area contributed by atoms with E-state index in [0.29, 0.717) is 5.75 Å². The third kappa shape index (κ3) is 4.50. The lowest BCUT2D eigenvalue weighted by atomic mass is 10.1. The molecule has 0 saturated carbocycles. The maximum atomic E-state index is 12.5. The number of piperidine rings is 1. The molecule has 0 radical (unpaired) electrons. The molecular formula is C22H24N2O2S2. The van der Waals surface area contributed by atoms with E-state index >= 15 is 0 Å². The van der Waals surface area contributed by atoms with Crippen molar-refractivity contribution in [2.45, 2.75) is 37.7 Å². The van der Waals surface area contributed by atoms with Crippen molar-refractivity contribution in [1.29, 1.82) is 0 Å². The maximum absolute atomic E-state index is 12.5. The minimum Gasteiger partial charge on any atom is -0.467 e. The lowest BCUT2D eigenvalue weighted by Gasteiger charge is -2.31. The topological polar surface area (TPSA) is 42.4 Å². The number of carbonyl (C=O) groups is 1. The number of thiazole rings is 1. The van der Waals surface area contributed by atoms with E-state index in [-0.39, 0.29) is 12.0 Å². The van der Waals surface area contributed by atoms with Gasteiger partial charge in [-0.05, 0) is 37.6 Å². The highest BCUT2D eigenvalue weighted by molar-refractivity contribution is 8.00. The molecule has 2 heterocycles. The summed E-state index contributed by atoms with van der Waals surface area (Å²) in [6, 6.07) is 14.5. The number of ether oxygens (including phenoxy) is 1. The van der Waals surface area contributed by atoms with Crippen molar-refractivity contribution in [2.75, 3.05) is 18.8 Å². The van der Waals surface area contributed by atoms with Gasteiger partial charge in [0.25, 0.3) is 5.19 Å². The lowest BCUT2D eigenvalue weighted by Crippen LogP contribution is -2.42. The number of rotatable bonds is 5. The lowest BCUT2D eigenvalue weighted by molar-refractivity contribution is -0.130. The van der Waals surface area contributed by atoms with E-state index in [1.165, 1.54) is 11.1 Å². The second-order valence-corrected chi connectivity index (χ2v) is 9.24. The Balaban J connectivity index is 1.27. The van der Waals surface area contributed by atoms with Gasteiger partial charge < -0.3 is 9.64 Å². The molecule has 0 unspecified atom stereocenters. The van der Waals surface area contributed by atoms with E-state index in [0.717, 1.165) is 46.2 Å². The van der Waals surface area contributed by atoms with Crippen LogP contribution in [0.25, 0.3) is 10.2 Å². The van der Waals surface area contributed by atoms with E-state index in [1.807, 2.05) is 4.90 Å². The number of carbonyl (C=O) groups excluding carboxylic acids is 1. The molecule has 1 aromatic heterocycles. The summed E-state index contributed by atoms with van der Waals surface area (Å²) in [5.41, 5.74) is 3.44. The molecule has 1 aliphatic heterocycles. The van der Waals surface area contributed by atoms with Crippen molar-refractivity contribution >= 4 is 39.2 Å². The van der Waals surface area contributed by atoms with Gasteiger partial charge in [-0.1, -0.05) is 41.2 Å². The minimum atomic E-state index is 0.134. The second kappa shape index (κ2) is 8.53. The molecule has 6 heteroatoms. The van der Waals surface area contributed by atoms with Crippen LogP contribution >= 0.6 is 23.1 Å². The van der Waals surface area contributed by atoms with Crippen molar-refractivity contribution in [2.24, 2.45) is 0 Å². The van der Waals surface area contributed by atoms with Crippen LogP contribution in [0, 0.1) is 13.8 Å². The summed E-state index contributed by atoms with van der Waals surface area (Å²) in [5.74, 6) is 0.700. The molecule has 0 bridgehead atoms. The summed E-state index contributed by atoms with van der Waals surface area (Å²) in [5, 5.41) is 0.740. The number of hydrogen-bond acceptors (Lipinski definition) is 5. The van der Waals surface area contributed by atoms with Crippen molar-refractivity contribution in [3.63, 3.8) is 0 Å². The van der Waals surface area contributed by atoms with Crippen LogP contribution in [0.4, 0.5) is 0 Å². The zero-order valence-electron chi connectivity index (χ0n) is 16.2. The molecule has 1 saturated heterocycles. The highest BCUT2D eigenvalue weighted by Gasteiger charge is 2.24. The zero-order chi connectivity index (χ0) is 19.5. The molecular weight excluding hydrogens is 388 g/mol. The van der Waals surface area contributed by atoms with Gasteiger partial charge in [-0.3, -0.25) is 4.79 Å². The van der Waals surface area contributed by atoms with Crippen LogP contribution in [-0.2, 0) is 4.79 Å². The standard InChI is InChI=1S/C22H24N2O2S2/c1-15-6-8-18(9-7-15)27-14-20(25)24-12-10-17(11-13-24)26-22-23-21-16(2)4-3-5-19(21)28-22/h3-9,17H,10-14H2,1-2H3. The molecule has 3 aromatic rings. The Morgan fingerprint density at radius 2 is 1.93 bits per heavy atom. The van der Waals surface area contributed by atoms with Crippen molar-refractivity contribution in [1.82, 2.24) is 9.88 Å². The average Bonchev–Trinajstić information content (AvgIpc) is 3.12. The Hall–Kier alpha value is -2.05. The largest absolute Gasteiger partial charge is 0.467 e. The van der Waals surface area contributed by atoms with Crippen LogP contribution in [0.2, 0.25) is 0 Å². The van der Waals surface area contributed by atoms with Gasteiger partial charge in [0.05, 0.1) is 16.0 Å². The molecule has 2 aromatic carbocycles. The molecule has 4 nitrogen and oxygen atoms in total. The molecule has 0 atom stereocenters. The first-order chi connectivity index (χ1) is 13.6. The smallest absolute Gasteiger partial charge is 0.274 e. The molecule has 1 aliphatic rings. The molecule has 146 valence electrons. The van der Waals surface area contributed by atoms with Crippen LogP contribution < -0.4 is 4.74 Å². The number of thioether (sulfide) groups is 1. The predicted molar refractivity (Wildman–Crippen MR) is 116 cm³/mol. The van der Waals surface area contributed by atoms with E-state index in [9.17, 15) is 4.79 Å². The van der Waals surface area contributed by atoms with Crippen LogP contribution in [0.3, 0.4) is 0 Å². The minimum absolute atomic E-state index is 0.134. The first-order valence-corrected chi connectivity index (χ1v) is 11.4. The normalized spacial score (nSPS) is 15.1. The van der Waals surface area contributed by atoms with E-state index in [2.05, 4.69) is 61.3 Å². The molecule has 4 rings (SSSR count). The quantitative estimate of drug-likeness (QED) is 0.549. The highest BCUT2D eigenvalue weighted by Crippen LogP contribution is 2.31. The predicted octanol–water partition coefficient (Wildman–Crippen LogP) is 5.08. The van der Waals surface area contributed by atoms with Crippen LogP contribution in [0.15, 0.2) is 47.4 Å². The molecule has 0 spiro atoms. The second-order valence-electron chi connectivity index (χ2n) is 7.20. The van der Waals surface area contributed by atoms with Gasteiger partial charge in [0.15, 0.2) is 0 Å². The number of likely N-dealkylation sites (tertiary alicyclic amines) is 1. The van der Waals surface area contributed by atoms with Crippen molar-refractivity contribution in [3.8, 4) is 5.19 Å². The Kier molecular flexibility index (Phi) is 5.87. The van der Waals surface area contributed by atoms with E-state index in [4.69, 9.17) is 4.74 Å². The number of aryl methyl sites for hydroxylation is 2. The van der Waals surface area contributed by atoms with Crippen LogP contribution in [0.5, 0.6) is 5.19 Å². The van der Waals surface area contributed by atoms with Crippen LogP contribution in [0.1, 0.15) is 24.0 Å². The van der Waals surface area contributed by atoms with Gasteiger partial charge in [0.2, 0.25) is 5.91 Å². The van der Waals surface area contributed by atoms with Gasteiger partial charge in [0, 0.05) is 30.8 Å². The maximum Gasteiger partial charge on any atom is 0.274 e. The van der Waals surface area contributed by atoms with Gasteiger partial charge in [-0.15, -0.1) is 11.8 Å². The summed E-state index contributed by atoms with van der Waals surface area (Å²) in [6.45, 7) is 5.65. The van der Waals surface area contributed by atoms with E-state index in [1.54, 1.807) is 23.1 Å². The third-order valence-electron chi connectivity index (χ3n) is 5.05. The van der Waals surface area contributed by atoms with Gasteiger partial charge in [0.1, 0.15) is 6.10 Å². The summed E-state index contributed by atoms with van der Waals surface area (Å²) in [6.07, 6.45) is 1.85. The number of aromatic nitrogens is 1. The number of fused-ring (bicyclic) bond motifs is 1. The number of benzene rings is 2. The Labute approximate surface area is 173 Å². The van der Waals surface area contributed by atoms with Gasteiger partial charge in [-0.2, -0.15) is 0 Å². The monoisotopic (exact) mass is 412 g/mol. The summed E-state index contributed by atoms with van der Waals surface area (Å²) >= 11 is 3.21.